The molecule has 5 heteroatoms. The third kappa shape index (κ3) is 8.47. The molecule has 0 amide bonds. The van der Waals surface area contributed by atoms with Crippen LogP contribution in [-0.4, -0.2) is 44.2 Å². The Morgan fingerprint density at radius 2 is 1.93 bits per heavy atom. The molecule has 0 spiro atoms. The molecule has 2 N–H and O–H groups in total. The summed E-state index contributed by atoms with van der Waals surface area (Å²) < 4.78 is 21.8. The number of rotatable bonds is 7. The van der Waals surface area contributed by atoms with Crippen molar-refractivity contribution in [2.75, 3.05) is 25.1 Å². The number of sulfone groups is 1. The third-order valence-electron chi connectivity index (χ3n) is 2.10. The van der Waals surface area contributed by atoms with Crippen molar-refractivity contribution in [3.63, 3.8) is 0 Å². The van der Waals surface area contributed by atoms with Crippen molar-refractivity contribution in [2.24, 2.45) is 0 Å². The van der Waals surface area contributed by atoms with Gasteiger partial charge < -0.3 is 10.4 Å². The van der Waals surface area contributed by atoms with Gasteiger partial charge in [0.15, 0.2) is 0 Å². The minimum atomic E-state index is -2.97. The summed E-state index contributed by atoms with van der Waals surface area (Å²) in [7, 11) is -2.97. The summed E-state index contributed by atoms with van der Waals surface area (Å²) in [6, 6.07) is 0. The van der Waals surface area contributed by atoms with E-state index in [1.807, 2.05) is 6.92 Å². The molecule has 0 bridgehead atoms. The van der Waals surface area contributed by atoms with Gasteiger partial charge in [-0.25, -0.2) is 8.42 Å². The van der Waals surface area contributed by atoms with Crippen LogP contribution in [0.25, 0.3) is 0 Å². The molecule has 0 aromatic rings. The van der Waals surface area contributed by atoms with Crippen LogP contribution in [0.15, 0.2) is 0 Å². The van der Waals surface area contributed by atoms with Gasteiger partial charge >= 0.3 is 0 Å². The normalized spacial score (nSPS) is 16.6. The quantitative estimate of drug-likeness (QED) is 0.604. The first-order chi connectivity index (χ1) is 6.27. The summed E-state index contributed by atoms with van der Waals surface area (Å²) >= 11 is 0. The zero-order valence-electron chi connectivity index (χ0n) is 9.21. The Labute approximate surface area is 86.6 Å². The Bertz CT molecular complexity index is 247. The predicted molar refractivity (Wildman–Crippen MR) is 58.1 cm³/mol. The Hall–Kier alpha value is -0.130. The lowest BCUT2D eigenvalue weighted by atomic mass is 9.99. The van der Waals surface area contributed by atoms with E-state index >= 15 is 0 Å². The SMILES string of the molecule is CCNCCC(C)(O)CCS(C)(=O)=O. The zero-order chi connectivity index (χ0) is 11.2. The number of hydrogen-bond donors (Lipinski definition) is 2. The second-order valence-corrected chi connectivity index (χ2v) is 6.24. The van der Waals surface area contributed by atoms with Gasteiger partial charge in [0.25, 0.3) is 0 Å². The van der Waals surface area contributed by atoms with E-state index in [0.717, 1.165) is 6.54 Å². The van der Waals surface area contributed by atoms with E-state index in [9.17, 15) is 13.5 Å². The smallest absolute Gasteiger partial charge is 0.147 e. The standard InChI is InChI=1S/C9H21NO3S/c1-4-10-7-5-9(2,11)6-8-14(3,12)13/h10-11H,4-8H2,1-3H3. The van der Waals surface area contributed by atoms with Crippen LogP contribution in [0.2, 0.25) is 0 Å². The van der Waals surface area contributed by atoms with Gasteiger partial charge in [-0.3, -0.25) is 0 Å². The van der Waals surface area contributed by atoms with Crippen molar-refractivity contribution < 1.29 is 13.5 Å². The first kappa shape index (κ1) is 13.9. The molecule has 0 aliphatic heterocycles. The third-order valence-corrected chi connectivity index (χ3v) is 3.05. The number of aliphatic hydroxyl groups is 1. The summed E-state index contributed by atoms with van der Waals surface area (Å²) in [4.78, 5) is 0. The van der Waals surface area contributed by atoms with Crippen LogP contribution < -0.4 is 5.32 Å². The molecule has 0 fully saturated rings. The van der Waals surface area contributed by atoms with E-state index in [0.29, 0.717) is 19.4 Å². The van der Waals surface area contributed by atoms with E-state index in [-0.39, 0.29) is 5.75 Å². The highest BCUT2D eigenvalue weighted by molar-refractivity contribution is 7.90. The van der Waals surface area contributed by atoms with Crippen LogP contribution in [-0.2, 0) is 9.84 Å². The molecule has 14 heavy (non-hydrogen) atoms. The molecule has 0 aliphatic carbocycles. The van der Waals surface area contributed by atoms with Crippen molar-refractivity contribution in [3.05, 3.63) is 0 Å². The average Bonchev–Trinajstić information content (AvgIpc) is 2.00. The minimum Gasteiger partial charge on any atom is -0.390 e. The van der Waals surface area contributed by atoms with Gasteiger partial charge in [0.1, 0.15) is 9.84 Å². The highest BCUT2D eigenvalue weighted by atomic mass is 32.2. The number of hydrogen-bond acceptors (Lipinski definition) is 4. The van der Waals surface area contributed by atoms with E-state index in [1.165, 1.54) is 6.26 Å². The highest BCUT2D eigenvalue weighted by Gasteiger charge is 2.21. The second kappa shape index (κ2) is 5.68. The lowest BCUT2D eigenvalue weighted by Gasteiger charge is -2.22. The molecule has 1 unspecified atom stereocenters. The zero-order valence-corrected chi connectivity index (χ0v) is 10.0. The van der Waals surface area contributed by atoms with Crippen LogP contribution in [0, 0.1) is 0 Å². The molecule has 0 saturated carbocycles. The highest BCUT2D eigenvalue weighted by Crippen LogP contribution is 2.14. The van der Waals surface area contributed by atoms with E-state index in [1.54, 1.807) is 6.92 Å². The van der Waals surface area contributed by atoms with Gasteiger partial charge in [-0.1, -0.05) is 6.92 Å². The summed E-state index contributed by atoms with van der Waals surface area (Å²) in [5.41, 5.74) is -0.884. The predicted octanol–water partition coefficient (Wildman–Crippen LogP) is 0.172. The first-order valence-electron chi connectivity index (χ1n) is 4.88. The van der Waals surface area contributed by atoms with Crippen molar-refractivity contribution in [2.45, 2.75) is 32.3 Å². The molecule has 0 saturated heterocycles. The van der Waals surface area contributed by atoms with Crippen LogP contribution in [0.3, 0.4) is 0 Å². The second-order valence-electron chi connectivity index (χ2n) is 3.98. The molecule has 1 atom stereocenters. The minimum absolute atomic E-state index is 0.0477. The van der Waals surface area contributed by atoms with Gasteiger partial charge in [0.2, 0.25) is 0 Å². The van der Waals surface area contributed by atoms with Crippen molar-refractivity contribution in [3.8, 4) is 0 Å². The molecule has 0 aliphatic rings. The van der Waals surface area contributed by atoms with Crippen LogP contribution in [0.5, 0.6) is 0 Å². The monoisotopic (exact) mass is 223 g/mol. The van der Waals surface area contributed by atoms with Gasteiger partial charge in [-0.05, 0) is 32.9 Å². The van der Waals surface area contributed by atoms with E-state index in [2.05, 4.69) is 5.32 Å². The lowest BCUT2D eigenvalue weighted by Crippen LogP contribution is -2.32. The van der Waals surface area contributed by atoms with Crippen molar-refractivity contribution in [1.29, 1.82) is 0 Å². The summed E-state index contributed by atoms with van der Waals surface area (Å²) in [5, 5.41) is 12.9. The van der Waals surface area contributed by atoms with Crippen LogP contribution in [0.1, 0.15) is 26.7 Å². The molecule has 0 aromatic carbocycles. The topological polar surface area (TPSA) is 66.4 Å². The van der Waals surface area contributed by atoms with E-state index in [4.69, 9.17) is 0 Å². The lowest BCUT2D eigenvalue weighted by molar-refractivity contribution is 0.0482. The maximum absolute atomic E-state index is 10.9. The average molecular weight is 223 g/mol. The summed E-state index contributed by atoms with van der Waals surface area (Å²) in [6.07, 6.45) is 2.07. The Balaban J connectivity index is 3.83. The Morgan fingerprint density at radius 3 is 2.36 bits per heavy atom. The van der Waals surface area contributed by atoms with Crippen LogP contribution in [0.4, 0.5) is 0 Å². The van der Waals surface area contributed by atoms with Crippen molar-refractivity contribution in [1.82, 2.24) is 5.32 Å². The van der Waals surface area contributed by atoms with Crippen molar-refractivity contribution >= 4 is 9.84 Å². The molecular weight excluding hydrogens is 202 g/mol. The largest absolute Gasteiger partial charge is 0.390 e. The molecule has 0 aromatic heterocycles. The fraction of sp³-hybridized carbons (Fsp3) is 1.00. The maximum Gasteiger partial charge on any atom is 0.147 e. The maximum atomic E-state index is 10.9. The summed E-state index contributed by atoms with van der Waals surface area (Å²) in [5.74, 6) is 0.0477. The molecular formula is C9H21NO3S. The van der Waals surface area contributed by atoms with Gasteiger partial charge in [0.05, 0.1) is 11.4 Å². The van der Waals surface area contributed by atoms with E-state index < -0.39 is 15.4 Å². The first-order valence-corrected chi connectivity index (χ1v) is 6.94. The fourth-order valence-corrected chi connectivity index (χ4v) is 1.88. The molecule has 86 valence electrons. The molecule has 4 nitrogen and oxygen atoms in total. The Kier molecular flexibility index (Phi) is 5.63. The van der Waals surface area contributed by atoms with Gasteiger partial charge in [-0.2, -0.15) is 0 Å². The molecule has 0 radical (unpaired) electrons. The van der Waals surface area contributed by atoms with Gasteiger partial charge in [-0.15, -0.1) is 0 Å². The molecule has 0 rings (SSSR count). The van der Waals surface area contributed by atoms with Crippen LogP contribution >= 0.6 is 0 Å². The van der Waals surface area contributed by atoms with Gasteiger partial charge in [0, 0.05) is 6.26 Å². The number of nitrogens with one attached hydrogen (secondary N) is 1. The molecule has 0 heterocycles. The summed E-state index contributed by atoms with van der Waals surface area (Å²) in [6.45, 7) is 5.25. The fourth-order valence-electron chi connectivity index (χ4n) is 1.06. The Morgan fingerprint density at radius 1 is 1.36 bits per heavy atom.